The summed E-state index contributed by atoms with van der Waals surface area (Å²) in [6.45, 7) is 6.37. The minimum atomic E-state index is -3.56. The minimum Gasteiger partial charge on any atom is -0.279 e. The van der Waals surface area contributed by atoms with Crippen molar-refractivity contribution in [3.8, 4) is 0 Å². The summed E-state index contributed by atoms with van der Waals surface area (Å²) in [6.07, 6.45) is 3.09. The summed E-state index contributed by atoms with van der Waals surface area (Å²) in [6, 6.07) is 12.9. The first-order valence-corrected chi connectivity index (χ1v) is 9.45. The van der Waals surface area contributed by atoms with Crippen molar-refractivity contribution < 1.29 is 8.42 Å². The van der Waals surface area contributed by atoms with Crippen molar-refractivity contribution in [2.24, 2.45) is 5.41 Å². The summed E-state index contributed by atoms with van der Waals surface area (Å²) < 4.78 is 28.1. The minimum absolute atomic E-state index is 0.235. The molecule has 23 heavy (non-hydrogen) atoms. The number of para-hydroxylation sites is 1. The molecule has 0 spiro atoms. The van der Waals surface area contributed by atoms with Gasteiger partial charge in [0.1, 0.15) is 0 Å². The average Bonchev–Trinajstić information content (AvgIpc) is 2.48. The first kappa shape index (κ1) is 16.1. The molecule has 2 aromatic rings. The fraction of sp³-hybridized carbons (Fsp3) is 0.368. The number of hydrogen-bond acceptors (Lipinski definition) is 2. The van der Waals surface area contributed by atoms with Crippen LogP contribution in [0.5, 0.6) is 0 Å². The van der Waals surface area contributed by atoms with Crippen molar-refractivity contribution in [2.75, 3.05) is 4.72 Å². The van der Waals surface area contributed by atoms with Gasteiger partial charge in [0.2, 0.25) is 0 Å². The Morgan fingerprint density at radius 2 is 1.78 bits per heavy atom. The van der Waals surface area contributed by atoms with Crippen LogP contribution in [0.3, 0.4) is 0 Å². The van der Waals surface area contributed by atoms with Gasteiger partial charge in [0.05, 0.1) is 10.6 Å². The monoisotopic (exact) mass is 329 g/mol. The van der Waals surface area contributed by atoms with Gasteiger partial charge >= 0.3 is 0 Å². The first-order valence-electron chi connectivity index (χ1n) is 7.97. The molecule has 1 aliphatic carbocycles. The summed E-state index contributed by atoms with van der Waals surface area (Å²) in [5.41, 5.74) is 4.22. The molecule has 0 amide bonds. The number of sulfonamides is 1. The maximum atomic E-state index is 12.7. The quantitative estimate of drug-likeness (QED) is 0.912. The molecular formula is C19H23NO2S. The topological polar surface area (TPSA) is 46.2 Å². The second-order valence-corrected chi connectivity index (χ2v) is 8.87. The van der Waals surface area contributed by atoms with E-state index in [0.29, 0.717) is 10.6 Å². The highest BCUT2D eigenvalue weighted by Crippen LogP contribution is 2.35. The smallest absolute Gasteiger partial charge is 0.261 e. The normalized spacial score (nSPS) is 16.7. The van der Waals surface area contributed by atoms with Crippen LogP contribution in [0.2, 0.25) is 0 Å². The summed E-state index contributed by atoms with van der Waals surface area (Å²) in [4.78, 5) is 0.345. The molecular weight excluding hydrogens is 306 g/mol. The lowest BCUT2D eigenvalue weighted by atomic mass is 9.74. The molecule has 2 aromatic carbocycles. The molecule has 0 unspecified atom stereocenters. The molecule has 0 heterocycles. The van der Waals surface area contributed by atoms with E-state index in [1.165, 1.54) is 5.56 Å². The van der Waals surface area contributed by atoms with Gasteiger partial charge < -0.3 is 0 Å². The zero-order valence-electron chi connectivity index (χ0n) is 13.9. The number of benzene rings is 2. The van der Waals surface area contributed by atoms with E-state index in [2.05, 4.69) is 18.6 Å². The lowest BCUT2D eigenvalue weighted by Crippen LogP contribution is -2.23. The largest absolute Gasteiger partial charge is 0.279 e. The fourth-order valence-electron chi connectivity index (χ4n) is 3.15. The second kappa shape index (κ2) is 5.68. The Morgan fingerprint density at radius 3 is 2.52 bits per heavy atom. The van der Waals surface area contributed by atoms with Crippen LogP contribution >= 0.6 is 0 Å². The highest BCUT2D eigenvalue weighted by atomic mass is 32.2. The lowest BCUT2D eigenvalue weighted by Gasteiger charge is -2.31. The van der Waals surface area contributed by atoms with Crippen LogP contribution in [0.15, 0.2) is 47.4 Å². The van der Waals surface area contributed by atoms with Crippen molar-refractivity contribution in [3.05, 3.63) is 59.2 Å². The summed E-state index contributed by atoms with van der Waals surface area (Å²) in [5.74, 6) is 0. The lowest BCUT2D eigenvalue weighted by molar-refractivity contribution is 0.315. The van der Waals surface area contributed by atoms with Gasteiger partial charge in [-0.05, 0) is 66.5 Å². The third kappa shape index (κ3) is 3.42. The van der Waals surface area contributed by atoms with Gasteiger partial charge in [-0.1, -0.05) is 38.1 Å². The molecule has 3 rings (SSSR count). The first-order chi connectivity index (χ1) is 10.8. The van der Waals surface area contributed by atoms with Gasteiger partial charge in [-0.25, -0.2) is 8.42 Å². The zero-order valence-corrected chi connectivity index (χ0v) is 14.7. The van der Waals surface area contributed by atoms with Crippen LogP contribution in [0.4, 0.5) is 5.69 Å². The highest BCUT2D eigenvalue weighted by Gasteiger charge is 2.26. The molecule has 0 aromatic heterocycles. The molecule has 122 valence electrons. The highest BCUT2D eigenvalue weighted by molar-refractivity contribution is 7.92. The number of hydrogen-bond donors (Lipinski definition) is 1. The summed E-state index contributed by atoms with van der Waals surface area (Å²) >= 11 is 0. The number of fused-ring (bicyclic) bond motifs is 1. The Morgan fingerprint density at radius 1 is 1.04 bits per heavy atom. The Hall–Kier alpha value is -1.81. The van der Waals surface area contributed by atoms with Crippen LogP contribution in [0.1, 0.15) is 37.0 Å². The number of nitrogens with one attached hydrogen (secondary N) is 1. The predicted molar refractivity (Wildman–Crippen MR) is 94.2 cm³/mol. The summed E-state index contributed by atoms with van der Waals surface area (Å²) in [5, 5.41) is 0. The molecule has 0 fully saturated rings. The van der Waals surface area contributed by atoms with E-state index < -0.39 is 10.0 Å². The van der Waals surface area contributed by atoms with E-state index >= 15 is 0 Å². The van der Waals surface area contributed by atoms with Gasteiger partial charge in [-0.2, -0.15) is 0 Å². The van der Waals surface area contributed by atoms with E-state index in [9.17, 15) is 8.42 Å². The molecule has 0 atom stereocenters. The maximum Gasteiger partial charge on any atom is 0.261 e. The van der Waals surface area contributed by atoms with Crippen LogP contribution in [-0.4, -0.2) is 8.42 Å². The van der Waals surface area contributed by atoms with Crippen LogP contribution in [-0.2, 0) is 22.9 Å². The van der Waals surface area contributed by atoms with Gasteiger partial charge in [0.25, 0.3) is 10.0 Å². The van der Waals surface area contributed by atoms with E-state index in [1.807, 2.05) is 37.3 Å². The standard InChI is InChI=1S/C19H23NO2S/c1-14-6-4-5-7-18(14)20-23(21,22)17-9-8-15-10-11-19(2,3)13-16(15)12-17/h4-9,12,20H,10-11,13H2,1-3H3. The van der Waals surface area contributed by atoms with Crippen molar-refractivity contribution in [2.45, 2.75) is 44.9 Å². The molecule has 0 bridgehead atoms. The molecule has 0 radical (unpaired) electrons. The SMILES string of the molecule is Cc1ccccc1NS(=O)(=O)c1ccc2c(c1)CC(C)(C)CC2. The molecule has 0 aliphatic heterocycles. The van der Waals surface area contributed by atoms with Crippen molar-refractivity contribution >= 4 is 15.7 Å². The van der Waals surface area contributed by atoms with Gasteiger partial charge in [-0.15, -0.1) is 0 Å². The molecule has 4 heteroatoms. The van der Waals surface area contributed by atoms with Gasteiger partial charge in [-0.3, -0.25) is 4.72 Å². The molecule has 1 aliphatic rings. The number of rotatable bonds is 3. The molecule has 0 saturated carbocycles. The molecule has 0 saturated heterocycles. The number of anilines is 1. The maximum absolute atomic E-state index is 12.7. The molecule has 3 nitrogen and oxygen atoms in total. The van der Waals surface area contributed by atoms with Crippen molar-refractivity contribution in [1.29, 1.82) is 0 Å². The van der Waals surface area contributed by atoms with Gasteiger partial charge in [0.15, 0.2) is 0 Å². The van der Waals surface area contributed by atoms with Gasteiger partial charge in [0, 0.05) is 0 Å². The van der Waals surface area contributed by atoms with Crippen LogP contribution in [0.25, 0.3) is 0 Å². The molecule has 1 N–H and O–H groups in total. The third-order valence-electron chi connectivity index (χ3n) is 4.62. The second-order valence-electron chi connectivity index (χ2n) is 7.19. The average molecular weight is 329 g/mol. The Labute approximate surface area is 138 Å². The Bertz CT molecular complexity index is 838. The van der Waals surface area contributed by atoms with Crippen molar-refractivity contribution in [3.63, 3.8) is 0 Å². The third-order valence-corrected chi connectivity index (χ3v) is 5.98. The fourth-order valence-corrected chi connectivity index (χ4v) is 4.33. The predicted octanol–water partition coefficient (Wildman–Crippen LogP) is 4.31. The zero-order chi connectivity index (χ0) is 16.7. The summed E-state index contributed by atoms with van der Waals surface area (Å²) in [7, 11) is -3.56. The van der Waals surface area contributed by atoms with E-state index in [1.54, 1.807) is 12.1 Å². The van der Waals surface area contributed by atoms with Crippen molar-refractivity contribution in [1.82, 2.24) is 0 Å². The van der Waals surface area contributed by atoms with E-state index in [-0.39, 0.29) is 5.41 Å². The van der Waals surface area contributed by atoms with Crippen LogP contribution in [0, 0.1) is 12.3 Å². The Balaban J connectivity index is 1.94. The Kier molecular flexibility index (Phi) is 3.96. The van der Waals surface area contributed by atoms with E-state index in [0.717, 1.165) is 30.4 Å². The van der Waals surface area contributed by atoms with Crippen LogP contribution < -0.4 is 4.72 Å². The number of aryl methyl sites for hydroxylation is 2. The van der Waals surface area contributed by atoms with E-state index in [4.69, 9.17) is 0 Å².